The lowest BCUT2D eigenvalue weighted by Crippen LogP contribution is -2.34. The van der Waals surface area contributed by atoms with Gasteiger partial charge in [0, 0.05) is 17.7 Å². The van der Waals surface area contributed by atoms with Gasteiger partial charge in [-0.1, -0.05) is 36.4 Å². The van der Waals surface area contributed by atoms with Gasteiger partial charge in [0.15, 0.2) is 0 Å². The Morgan fingerprint density at radius 2 is 1.91 bits per heavy atom. The summed E-state index contributed by atoms with van der Waals surface area (Å²) in [5.41, 5.74) is 1.71. The molecule has 1 aromatic heterocycles. The first-order valence-corrected chi connectivity index (χ1v) is 7.79. The zero-order valence-electron chi connectivity index (χ0n) is 13.1. The average molecular weight is 308 g/mol. The zero-order valence-corrected chi connectivity index (χ0v) is 13.1. The van der Waals surface area contributed by atoms with Crippen LogP contribution in [-0.4, -0.2) is 18.0 Å². The van der Waals surface area contributed by atoms with Gasteiger partial charge in [-0.25, -0.2) is 0 Å². The monoisotopic (exact) mass is 308 g/mol. The molecular formula is C19H20N2O2. The highest BCUT2D eigenvalue weighted by Gasteiger charge is 2.26. The molecule has 1 N–H and O–H groups in total. The van der Waals surface area contributed by atoms with Crippen LogP contribution in [0.15, 0.2) is 60.8 Å². The third kappa shape index (κ3) is 3.42. The van der Waals surface area contributed by atoms with Gasteiger partial charge in [-0.15, -0.1) is 0 Å². The number of carbonyl (C=O) groups excluding carboxylic acids is 1. The van der Waals surface area contributed by atoms with Crippen LogP contribution in [0.3, 0.4) is 0 Å². The molecular weight excluding hydrogens is 288 g/mol. The van der Waals surface area contributed by atoms with Crippen LogP contribution in [0.4, 0.5) is 0 Å². The third-order valence-electron chi connectivity index (χ3n) is 4.10. The number of nitrogens with zero attached hydrogens (tertiary/aromatic N) is 1. The predicted octanol–water partition coefficient (Wildman–Crippen LogP) is 3.26. The molecule has 0 saturated carbocycles. The van der Waals surface area contributed by atoms with Gasteiger partial charge in [-0.3, -0.25) is 9.78 Å². The molecule has 1 heterocycles. The lowest BCUT2D eigenvalue weighted by molar-refractivity contribution is -0.125. The minimum Gasteiger partial charge on any atom is -0.496 e. The van der Waals surface area contributed by atoms with Crippen LogP contribution in [0.25, 0.3) is 0 Å². The Morgan fingerprint density at radius 1 is 1.17 bits per heavy atom. The number of ether oxygens (including phenoxy) is 1. The minimum atomic E-state index is -0.319. The first-order valence-electron chi connectivity index (χ1n) is 7.79. The summed E-state index contributed by atoms with van der Waals surface area (Å²) in [6, 6.07) is 13.1. The van der Waals surface area contributed by atoms with Crippen molar-refractivity contribution in [2.75, 3.05) is 7.11 Å². The second kappa shape index (κ2) is 7.09. The van der Waals surface area contributed by atoms with Gasteiger partial charge in [-0.05, 0) is 31.0 Å². The first kappa shape index (κ1) is 15.3. The first-order chi connectivity index (χ1) is 11.3. The average Bonchev–Trinajstić information content (AvgIpc) is 3.15. The summed E-state index contributed by atoms with van der Waals surface area (Å²) in [6.45, 7) is 0. The van der Waals surface area contributed by atoms with Crippen LogP contribution in [0.1, 0.15) is 30.1 Å². The highest BCUT2D eigenvalue weighted by Crippen LogP contribution is 2.30. The van der Waals surface area contributed by atoms with Crippen LogP contribution in [-0.2, 0) is 4.79 Å². The van der Waals surface area contributed by atoms with Gasteiger partial charge >= 0.3 is 0 Å². The van der Waals surface area contributed by atoms with Gasteiger partial charge in [0.05, 0.1) is 18.8 Å². The number of nitrogens with one attached hydrogen (secondary N) is 1. The van der Waals surface area contributed by atoms with Crippen LogP contribution in [0.5, 0.6) is 5.75 Å². The molecule has 23 heavy (non-hydrogen) atoms. The number of methoxy groups -OCH3 is 1. The molecule has 1 unspecified atom stereocenters. The summed E-state index contributed by atoms with van der Waals surface area (Å²) >= 11 is 0. The second-order valence-electron chi connectivity index (χ2n) is 5.58. The number of carbonyl (C=O) groups is 1. The number of rotatable bonds is 5. The van der Waals surface area contributed by atoms with Crippen molar-refractivity contribution in [1.82, 2.24) is 10.3 Å². The normalized spacial score (nSPS) is 15.3. The largest absolute Gasteiger partial charge is 0.496 e. The molecule has 0 saturated heterocycles. The number of para-hydroxylation sites is 1. The lowest BCUT2D eigenvalue weighted by atomic mass is 9.99. The summed E-state index contributed by atoms with van der Waals surface area (Å²) in [6.07, 6.45) is 7.45. The van der Waals surface area contributed by atoms with E-state index >= 15 is 0 Å². The van der Waals surface area contributed by atoms with E-state index in [9.17, 15) is 4.79 Å². The standard InChI is InChI=1S/C19H20N2O2/c1-23-17-12-5-4-10-15(17)18(16-11-6-7-13-20-16)21-19(22)14-8-2-3-9-14/h2-7,10-14,18H,8-9H2,1H3,(H,21,22). The zero-order chi connectivity index (χ0) is 16.1. The molecule has 3 rings (SSSR count). The molecule has 1 aliphatic rings. The van der Waals surface area contributed by atoms with Gasteiger partial charge in [0.25, 0.3) is 0 Å². The van der Waals surface area contributed by atoms with E-state index < -0.39 is 0 Å². The number of hydrogen-bond donors (Lipinski definition) is 1. The van der Waals surface area contributed by atoms with E-state index in [0.717, 1.165) is 29.8 Å². The summed E-state index contributed by atoms with van der Waals surface area (Å²) in [5, 5.41) is 3.14. The molecule has 0 spiro atoms. The fourth-order valence-electron chi connectivity index (χ4n) is 2.85. The van der Waals surface area contributed by atoms with Crippen molar-refractivity contribution in [3.8, 4) is 5.75 Å². The third-order valence-corrected chi connectivity index (χ3v) is 4.10. The topological polar surface area (TPSA) is 51.2 Å². The molecule has 1 atom stereocenters. The number of pyridine rings is 1. The van der Waals surface area contributed by atoms with Crippen molar-refractivity contribution in [1.29, 1.82) is 0 Å². The molecule has 1 amide bonds. The summed E-state index contributed by atoms with van der Waals surface area (Å²) < 4.78 is 5.46. The van der Waals surface area contributed by atoms with E-state index in [0.29, 0.717) is 0 Å². The minimum absolute atomic E-state index is 0.0101. The lowest BCUT2D eigenvalue weighted by Gasteiger charge is -2.22. The molecule has 0 radical (unpaired) electrons. The number of benzene rings is 1. The van der Waals surface area contributed by atoms with Crippen molar-refractivity contribution in [2.24, 2.45) is 5.92 Å². The Hall–Kier alpha value is -2.62. The maximum Gasteiger partial charge on any atom is 0.224 e. The Morgan fingerprint density at radius 3 is 2.61 bits per heavy atom. The molecule has 2 aromatic rings. The highest BCUT2D eigenvalue weighted by atomic mass is 16.5. The second-order valence-corrected chi connectivity index (χ2v) is 5.58. The number of allylic oxidation sites excluding steroid dienone is 2. The maximum absolute atomic E-state index is 12.6. The summed E-state index contributed by atoms with van der Waals surface area (Å²) in [5.74, 6) is 0.806. The van der Waals surface area contributed by atoms with Crippen LogP contribution in [0, 0.1) is 5.92 Å². The van der Waals surface area contributed by atoms with Gasteiger partial charge in [-0.2, -0.15) is 0 Å². The smallest absolute Gasteiger partial charge is 0.224 e. The SMILES string of the molecule is COc1ccccc1C(NC(=O)C1CC=CC1)c1ccccn1. The van der Waals surface area contributed by atoms with Gasteiger partial charge in [0.1, 0.15) is 5.75 Å². The van der Waals surface area contributed by atoms with Crippen molar-refractivity contribution >= 4 is 5.91 Å². The number of amides is 1. The van der Waals surface area contributed by atoms with E-state index in [1.807, 2.05) is 42.5 Å². The number of hydrogen-bond acceptors (Lipinski definition) is 3. The molecule has 0 bridgehead atoms. The van der Waals surface area contributed by atoms with E-state index in [1.54, 1.807) is 13.3 Å². The fourth-order valence-corrected chi connectivity index (χ4v) is 2.85. The molecule has 0 fully saturated rings. The van der Waals surface area contributed by atoms with Crippen molar-refractivity contribution in [3.63, 3.8) is 0 Å². The van der Waals surface area contributed by atoms with Gasteiger partial charge < -0.3 is 10.1 Å². The predicted molar refractivity (Wildman–Crippen MR) is 89.1 cm³/mol. The molecule has 4 heteroatoms. The fraction of sp³-hybridized carbons (Fsp3) is 0.263. The number of aromatic nitrogens is 1. The van der Waals surface area contributed by atoms with E-state index in [-0.39, 0.29) is 17.9 Å². The Bertz CT molecular complexity index is 690. The Kier molecular flexibility index (Phi) is 4.71. The van der Waals surface area contributed by atoms with Crippen molar-refractivity contribution in [3.05, 3.63) is 72.1 Å². The molecule has 4 nitrogen and oxygen atoms in total. The van der Waals surface area contributed by atoms with E-state index in [1.165, 1.54) is 0 Å². The highest BCUT2D eigenvalue weighted by molar-refractivity contribution is 5.80. The maximum atomic E-state index is 12.6. The summed E-state index contributed by atoms with van der Waals surface area (Å²) in [4.78, 5) is 17.0. The van der Waals surface area contributed by atoms with Gasteiger partial charge in [0.2, 0.25) is 5.91 Å². The molecule has 118 valence electrons. The van der Waals surface area contributed by atoms with Crippen LogP contribution < -0.4 is 10.1 Å². The van der Waals surface area contributed by atoms with E-state index in [2.05, 4.69) is 22.5 Å². The van der Waals surface area contributed by atoms with Crippen molar-refractivity contribution in [2.45, 2.75) is 18.9 Å². The molecule has 1 aliphatic carbocycles. The van der Waals surface area contributed by atoms with E-state index in [4.69, 9.17) is 4.74 Å². The Labute approximate surface area is 136 Å². The Balaban J connectivity index is 1.92. The molecule has 0 aliphatic heterocycles. The van der Waals surface area contributed by atoms with Crippen LogP contribution in [0.2, 0.25) is 0 Å². The summed E-state index contributed by atoms with van der Waals surface area (Å²) in [7, 11) is 1.64. The van der Waals surface area contributed by atoms with Crippen LogP contribution >= 0.6 is 0 Å². The molecule has 1 aromatic carbocycles. The van der Waals surface area contributed by atoms with Crippen molar-refractivity contribution < 1.29 is 9.53 Å². The quantitative estimate of drug-likeness (QED) is 0.863.